The number of nitro groups is 1. The predicted octanol–water partition coefficient (Wildman–Crippen LogP) is 4.15. The van der Waals surface area contributed by atoms with Crippen molar-refractivity contribution in [1.29, 1.82) is 0 Å². The summed E-state index contributed by atoms with van der Waals surface area (Å²) in [5, 5.41) is 17.8. The van der Waals surface area contributed by atoms with Gasteiger partial charge in [-0.1, -0.05) is 25.1 Å². The molecule has 0 aliphatic carbocycles. The van der Waals surface area contributed by atoms with Gasteiger partial charge in [0.25, 0.3) is 5.69 Å². The fraction of sp³-hybridized carbons (Fsp3) is 0.444. The molecule has 1 aromatic carbocycles. The molecule has 0 saturated carbocycles. The van der Waals surface area contributed by atoms with Crippen LogP contribution in [0.4, 0.5) is 11.4 Å². The lowest BCUT2D eigenvalue weighted by Gasteiger charge is -2.19. The van der Waals surface area contributed by atoms with E-state index in [2.05, 4.69) is 10.6 Å². The van der Waals surface area contributed by atoms with E-state index in [-0.39, 0.29) is 22.9 Å². The average molecular weight is 348 g/mol. The number of allylic oxidation sites excluding steroid dienone is 4. The summed E-state index contributed by atoms with van der Waals surface area (Å²) in [7, 11) is 0. The standard InChI is InChI=1S/C18H28N4O3/c1-6-8-12(3)16(7-2)21-17-10-9-15(11-18(17)22(23)24)13(4)20-14(5)25-19/h6,8-11,13-14,20-21H,7,19H2,1-5H3/b8-6+,16-12+. The van der Waals surface area contributed by atoms with Gasteiger partial charge in [0.1, 0.15) is 11.9 Å². The Kier molecular flexibility index (Phi) is 8.27. The normalized spacial score (nSPS) is 15.0. The van der Waals surface area contributed by atoms with Crippen molar-refractivity contribution in [2.45, 2.75) is 53.3 Å². The summed E-state index contributed by atoms with van der Waals surface area (Å²) in [6.45, 7) is 9.59. The number of nitro benzene ring substituents is 1. The molecule has 0 aliphatic heterocycles. The fourth-order valence-electron chi connectivity index (χ4n) is 2.54. The molecule has 7 heteroatoms. The fourth-order valence-corrected chi connectivity index (χ4v) is 2.54. The zero-order valence-electron chi connectivity index (χ0n) is 15.5. The summed E-state index contributed by atoms with van der Waals surface area (Å²) >= 11 is 0. The molecule has 2 atom stereocenters. The first-order chi connectivity index (χ1) is 11.8. The first kappa shape index (κ1) is 20.8. The highest BCUT2D eigenvalue weighted by Crippen LogP contribution is 2.30. The molecule has 1 rings (SSSR count). The molecule has 0 amide bonds. The van der Waals surface area contributed by atoms with Crippen LogP contribution in [0.25, 0.3) is 0 Å². The van der Waals surface area contributed by atoms with Crippen LogP contribution in [0.5, 0.6) is 0 Å². The first-order valence-electron chi connectivity index (χ1n) is 8.33. The molecule has 2 unspecified atom stereocenters. The largest absolute Gasteiger partial charge is 0.353 e. The molecule has 4 N–H and O–H groups in total. The lowest BCUT2D eigenvalue weighted by atomic mass is 10.1. The third kappa shape index (κ3) is 5.97. The molecule has 0 radical (unpaired) electrons. The van der Waals surface area contributed by atoms with Crippen LogP contribution in [-0.4, -0.2) is 11.2 Å². The third-order valence-corrected chi connectivity index (χ3v) is 3.94. The van der Waals surface area contributed by atoms with E-state index in [0.717, 1.165) is 23.3 Å². The number of nitrogens with zero attached hydrogens (tertiary/aromatic N) is 1. The zero-order chi connectivity index (χ0) is 19.0. The Morgan fingerprint density at radius 1 is 1.44 bits per heavy atom. The van der Waals surface area contributed by atoms with E-state index < -0.39 is 0 Å². The van der Waals surface area contributed by atoms with Crippen molar-refractivity contribution in [3.63, 3.8) is 0 Å². The molecule has 0 aliphatic rings. The highest BCUT2D eigenvalue weighted by atomic mass is 16.6. The predicted molar refractivity (Wildman–Crippen MR) is 101 cm³/mol. The Labute approximate surface area is 149 Å². The molecule has 0 saturated heterocycles. The van der Waals surface area contributed by atoms with Crippen LogP contribution in [0.1, 0.15) is 52.6 Å². The molecule has 0 heterocycles. The van der Waals surface area contributed by atoms with E-state index in [1.54, 1.807) is 19.1 Å². The molecule has 0 aromatic heterocycles. The molecule has 0 spiro atoms. The molecule has 0 bridgehead atoms. The Balaban J connectivity index is 3.18. The van der Waals surface area contributed by atoms with Crippen LogP contribution < -0.4 is 16.5 Å². The third-order valence-electron chi connectivity index (χ3n) is 3.94. The van der Waals surface area contributed by atoms with E-state index >= 15 is 0 Å². The number of anilines is 1. The Hall–Kier alpha value is -2.22. The minimum absolute atomic E-state index is 0.0340. The van der Waals surface area contributed by atoms with Gasteiger partial charge in [-0.05, 0) is 51.3 Å². The van der Waals surface area contributed by atoms with E-state index in [1.165, 1.54) is 0 Å². The maximum atomic E-state index is 11.5. The van der Waals surface area contributed by atoms with Crippen LogP contribution in [-0.2, 0) is 4.84 Å². The lowest BCUT2D eigenvalue weighted by Crippen LogP contribution is -2.33. The minimum atomic E-state index is -0.375. The molecule has 138 valence electrons. The van der Waals surface area contributed by atoms with E-state index in [1.807, 2.05) is 45.9 Å². The van der Waals surface area contributed by atoms with Crippen LogP contribution >= 0.6 is 0 Å². The van der Waals surface area contributed by atoms with Gasteiger partial charge in [0.15, 0.2) is 0 Å². The first-order valence-corrected chi connectivity index (χ1v) is 8.33. The number of benzene rings is 1. The Morgan fingerprint density at radius 3 is 2.64 bits per heavy atom. The zero-order valence-corrected chi connectivity index (χ0v) is 15.5. The van der Waals surface area contributed by atoms with Crippen molar-refractivity contribution in [3.8, 4) is 0 Å². The minimum Gasteiger partial charge on any atom is -0.353 e. The van der Waals surface area contributed by atoms with Crippen LogP contribution in [0.3, 0.4) is 0 Å². The number of nitrogens with one attached hydrogen (secondary N) is 2. The van der Waals surface area contributed by atoms with Crippen molar-refractivity contribution in [3.05, 3.63) is 57.3 Å². The van der Waals surface area contributed by atoms with Crippen LogP contribution in [0.15, 0.2) is 41.6 Å². The number of nitrogens with two attached hydrogens (primary N) is 1. The summed E-state index contributed by atoms with van der Waals surface area (Å²) in [4.78, 5) is 15.8. The molecule has 1 aromatic rings. The van der Waals surface area contributed by atoms with Gasteiger partial charge in [-0.3, -0.25) is 20.3 Å². The highest BCUT2D eigenvalue weighted by molar-refractivity contribution is 5.65. The summed E-state index contributed by atoms with van der Waals surface area (Å²) in [5.74, 6) is 5.13. The quantitative estimate of drug-likeness (QED) is 0.268. The van der Waals surface area contributed by atoms with E-state index in [0.29, 0.717) is 5.69 Å². The van der Waals surface area contributed by atoms with Crippen molar-refractivity contribution >= 4 is 11.4 Å². The van der Waals surface area contributed by atoms with Gasteiger partial charge in [-0.2, -0.15) is 0 Å². The molecular formula is C18H28N4O3. The average Bonchev–Trinajstić information content (AvgIpc) is 2.59. The van der Waals surface area contributed by atoms with Gasteiger partial charge in [-0.25, -0.2) is 5.90 Å². The lowest BCUT2D eigenvalue weighted by molar-refractivity contribution is -0.384. The van der Waals surface area contributed by atoms with Crippen molar-refractivity contribution in [2.75, 3.05) is 5.32 Å². The van der Waals surface area contributed by atoms with Crippen LogP contribution in [0.2, 0.25) is 0 Å². The maximum absolute atomic E-state index is 11.5. The van der Waals surface area contributed by atoms with Crippen molar-refractivity contribution in [2.24, 2.45) is 5.90 Å². The van der Waals surface area contributed by atoms with E-state index in [4.69, 9.17) is 10.7 Å². The molecular weight excluding hydrogens is 320 g/mol. The molecule has 25 heavy (non-hydrogen) atoms. The SMILES string of the molecule is C/C=C/C(C)=C(\CC)Nc1ccc(C(C)NC(C)ON)cc1[N+](=O)[O-]. The van der Waals surface area contributed by atoms with Gasteiger partial charge in [0.2, 0.25) is 0 Å². The summed E-state index contributed by atoms with van der Waals surface area (Å²) in [6, 6.07) is 5.02. The van der Waals surface area contributed by atoms with Gasteiger partial charge in [0, 0.05) is 17.8 Å². The van der Waals surface area contributed by atoms with Gasteiger partial charge < -0.3 is 5.32 Å². The maximum Gasteiger partial charge on any atom is 0.292 e. The smallest absolute Gasteiger partial charge is 0.292 e. The number of rotatable bonds is 9. The highest BCUT2D eigenvalue weighted by Gasteiger charge is 2.18. The molecule has 7 nitrogen and oxygen atoms in total. The van der Waals surface area contributed by atoms with Gasteiger partial charge >= 0.3 is 0 Å². The van der Waals surface area contributed by atoms with Crippen molar-refractivity contribution < 1.29 is 9.76 Å². The second kappa shape index (κ2) is 9.93. The topological polar surface area (TPSA) is 102 Å². The van der Waals surface area contributed by atoms with Gasteiger partial charge in [0.05, 0.1) is 4.92 Å². The number of hydrogen-bond acceptors (Lipinski definition) is 6. The summed E-state index contributed by atoms with van der Waals surface area (Å²) in [6.07, 6.45) is 4.31. The number of hydrogen-bond donors (Lipinski definition) is 3. The summed E-state index contributed by atoms with van der Waals surface area (Å²) < 4.78 is 0. The van der Waals surface area contributed by atoms with Gasteiger partial charge in [-0.15, -0.1) is 0 Å². The monoisotopic (exact) mass is 348 g/mol. The Morgan fingerprint density at radius 2 is 2.12 bits per heavy atom. The second-order valence-corrected chi connectivity index (χ2v) is 5.84. The van der Waals surface area contributed by atoms with Crippen LogP contribution in [0, 0.1) is 10.1 Å². The second-order valence-electron chi connectivity index (χ2n) is 5.84. The molecule has 0 fully saturated rings. The Bertz CT molecular complexity index is 656. The summed E-state index contributed by atoms with van der Waals surface area (Å²) in [5.41, 5.74) is 3.29. The van der Waals surface area contributed by atoms with E-state index in [9.17, 15) is 10.1 Å². The van der Waals surface area contributed by atoms with Crippen molar-refractivity contribution in [1.82, 2.24) is 5.32 Å².